The van der Waals surface area contributed by atoms with Crippen LogP contribution in [0.5, 0.6) is 0 Å². The molecule has 1 aromatic carbocycles. The monoisotopic (exact) mass is 393 g/mol. The average Bonchev–Trinajstić information content (AvgIpc) is 3.28. The van der Waals surface area contributed by atoms with Crippen molar-refractivity contribution in [2.75, 3.05) is 5.75 Å². The lowest BCUT2D eigenvalue weighted by molar-refractivity contribution is -0.119. The Hall–Kier alpha value is -3.05. The summed E-state index contributed by atoms with van der Waals surface area (Å²) in [5, 5.41) is 21.4. The van der Waals surface area contributed by atoms with Crippen molar-refractivity contribution in [1.29, 1.82) is 5.26 Å². The molecule has 2 heterocycles. The number of thioether (sulfide) groups is 1. The molecular formula is C20H19N5O2S. The first kappa shape index (κ1) is 18.3. The van der Waals surface area contributed by atoms with E-state index in [9.17, 15) is 10.1 Å². The van der Waals surface area contributed by atoms with E-state index < -0.39 is 5.54 Å². The van der Waals surface area contributed by atoms with Crippen molar-refractivity contribution in [1.82, 2.24) is 20.1 Å². The van der Waals surface area contributed by atoms with E-state index in [2.05, 4.69) is 21.6 Å². The Morgan fingerprint density at radius 2 is 2.11 bits per heavy atom. The third kappa shape index (κ3) is 3.66. The van der Waals surface area contributed by atoms with Crippen LogP contribution in [0.4, 0.5) is 0 Å². The van der Waals surface area contributed by atoms with Gasteiger partial charge in [-0.1, -0.05) is 30.0 Å². The summed E-state index contributed by atoms with van der Waals surface area (Å²) >= 11 is 1.28. The number of hydrogen-bond donors (Lipinski definition) is 1. The van der Waals surface area contributed by atoms with Gasteiger partial charge in [-0.25, -0.2) is 0 Å². The summed E-state index contributed by atoms with van der Waals surface area (Å²) in [6.07, 6.45) is 3.54. The number of aromatic nitrogens is 3. The van der Waals surface area contributed by atoms with E-state index in [1.807, 2.05) is 41.0 Å². The van der Waals surface area contributed by atoms with Gasteiger partial charge in [0.2, 0.25) is 11.7 Å². The smallest absolute Gasteiger partial charge is 0.231 e. The fraction of sp³-hybridized carbons (Fsp3) is 0.300. The molecular weight excluding hydrogens is 374 g/mol. The second kappa shape index (κ2) is 7.52. The first-order valence-electron chi connectivity index (χ1n) is 9.00. The molecule has 1 amide bonds. The first-order valence-corrected chi connectivity index (χ1v) is 9.99. The van der Waals surface area contributed by atoms with Crippen molar-refractivity contribution in [3.8, 4) is 23.3 Å². The average molecular weight is 393 g/mol. The molecule has 1 saturated carbocycles. The van der Waals surface area contributed by atoms with Crippen molar-refractivity contribution in [2.45, 2.75) is 30.5 Å². The fourth-order valence-electron chi connectivity index (χ4n) is 3.08. The molecule has 0 aliphatic heterocycles. The number of nitriles is 1. The Bertz CT molecular complexity index is 1010. The van der Waals surface area contributed by atoms with E-state index in [0.29, 0.717) is 16.7 Å². The van der Waals surface area contributed by atoms with Crippen molar-refractivity contribution in [3.63, 3.8) is 0 Å². The Morgan fingerprint density at radius 1 is 1.32 bits per heavy atom. The minimum atomic E-state index is -0.802. The molecule has 0 spiro atoms. The summed E-state index contributed by atoms with van der Waals surface area (Å²) in [5.74, 6) is 1.36. The van der Waals surface area contributed by atoms with Crippen molar-refractivity contribution < 1.29 is 9.21 Å². The number of furan rings is 1. The number of nitrogens with zero attached hydrogens (tertiary/aromatic N) is 4. The van der Waals surface area contributed by atoms with Crippen molar-refractivity contribution in [2.24, 2.45) is 5.92 Å². The van der Waals surface area contributed by atoms with Gasteiger partial charge < -0.3 is 9.73 Å². The van der Waals surface area contributed by atoms with E-state index in [1.54, 1.807) is 19.3 Å². The Morgan fingerprint density at radius 3 is 2.75 bits per heavy atom. The van der Waals surface area contributed by atoms with Gasteiger partial charge in [0.15, 0.2) is 10.9 Å². The Balaban J connectivity index is 1.55. The van der Waals surface area contributed by atoms with Crippen molar-refractivity contribution >= 4 is 17.7 Å². The number of amides is 1. The number of hydrogen-bond acceptors (Lipinski definition) is 6. The van der Waals surface area contributed by atoms with Crippen LogP contribution in [0.1, 0.15) is 19.8 Å². The number of para-hydroxylation sites is 1. The van der Waals surface area contributed by atoms with Gasteiger partial charge in [-0.2, -0.15) is 5.26 Å². The quantitative estimate of drug-likeness (QED) is 0.618. The molecule has 1 aliphatic rings. The third-order valence-corrected chi connectivity index (χ3v) is 5.68. The lowest BCUT2D eigenvalue weighted by Gasteiger charge is -2.22. The number of carbonyl (C=O) groups is 1. The molecule has 1 aliphatic carbocycles. The molecule has 2 aromatic heterocycles. The molecule has 7 nitrogen and oxygen atoms in total. The van der Waals surface area contributed by atoms with Gasteiger partial charge in [0.05, 0.1) is 18.1 Å². The summed E-state index contributed by atoms with van der Waals surface area (Å²) in [4.78, 5) is 12.4. The maximum absolute atomic E-state index is 12.4. The van der Waals surface area contributed by atoms with Crippen LogP contribution in [0, 0.1) is 17.2 Å². The van der Waals surface area contributed by atoms with Gasteiger partial charge >= 0.3 is 0 Å². The van der Waals surface area contributed by atoms with E-state index in [4.69, 9.17) is 4.42 Å². The third-order valence-electron chi connectivity index (χ3n) is 4.75. The number of rotatable bonds is 7. The molecule has 1 N–H and O–H groups in total. The van der Waals surface area contributed by atoms with Gasteiger partial charge in [-0.3, -0.25) is 9.36 Å². The van der Waals surface area contributed by atoms with Gasteiger partial charge in [0, 0.05) is 5.69 Å². The minimum absolute atomic E-state index is 0.146. The highest BCUT2D eigenvalue weighted by atomic mass is 32.2. The lowest BCUT2D eigenvalue weighted by atomic mass is 9.98. The predicted molar refractivity (Wildman–Crippen MR) is 105 cm³/mol. The van der Waals surface area contributed by atoms with E-state index in [0.717, 1.165) is 18.5 Å². The summed E-state index contributed by atoms with van der Waals surface area (Å²) in [7, 11) is 0. The zero-order chi connectivity index (χ0) is 19.6. The van der Waals surface area contributed by atoms with Crippen LogP contribution in [-0.4, -0.2) is 32.0 Å². The summed E-state index contributed by atoms with van der Waals surface area (Å²) in [6.45, 7) is 1.79. The molecule has 4 rings (SSSR count). The maximum Gasteiger partial charge on any atom is 0.231 e. The van der Waals surface area contributed by atoms with Crippen LogP contribution < -0.4 is 5.32 Å². The zero-order valence-electron chi connectivity index (χ0n) is 15.3. The molecule has 1 unspecified atom stereocenters. The molecule has 8 heteroatoms. The van der Waals surface area contributed by atoms with Crippen LogP contribution in [0.3, 0.4) is 0 Å². The van der Waals surface area contributed by atoms with E-state index in [1.165, 1.54) is 11.8 Å². The van der Waals surface area contributed by atoms with Crippen LogP contribution in [0.25, 0.3) is 17.3 Å². The van der Waals surface area contributed by atoms with Crippen LogP contribution in [0.15, 0.2) is 58.3 Å². The number of benzene rings is 1. The number of nitrogens with one attached hydrogen (secondary N) is 1. The standard InChI is InChI=1S/C20H19N5O2S/c1-20(13-21,14-9-10-14)22-17(26)12-28-19-24-23-18(16-8-5-11-27-16)25(19)15-6-3-2-4-7-15/h2-8,11,14H,9-10,12H2,1H3,(H,22,26). The Kier molecular flexibility index (Phi) is 4.92. The maximum atomic E-state index is 12.4. The van der Waals surface area contributed by atoms with Gasteiger partial charge in [0.1, 0.15) is 5.54 Å². The zero-order valence-corrected chi connectivity index (χ0v) is 16.1. The molecule has 1 fully saturated rings. The topological polar surface area (TPSA) is 96.7 Å². The fourth-order valence-corrected chi connectivity index (χ4v) is 3.83. The molecule has 142 valence electrons. The second-order valence-electron chi connectivity index (χ2n) is 6.88. The van der Waals surface area contributed by atoms with Gasteiger partial charge in [0.25, 0.3) is 0 Å². The highest BCUT2D eigenvalue weighted by Crippen LogP contribution is 2.39. The summed E-state index contributed by atoms with van der Waals surface area (Å²) < 4.78 is 7.35. The van der Waals surface area contributed by atoms with Crippen LogP contribution in [-0.2, 0) is 4.79 Å². The van der Waals surface area contributed by atoms with E-state index in [-0.39, 0.29) is 17.6 Å². The highest BCUT2D eigenvalue weighted by molar-refractivity contribution is 7.99. The predicted octanol–water partition coefficient (Wildman–Crippen LogP) is 3.43. The molecule has 28 heavy (non-hydrogen) atoms. The highest BCUT2D eigenvalue weighted by Gasteiger charge is 2.43. The summed E-state index contributed by atoms with van der Waals surface area (Å²) in [5.41, 5.74) is 0.0750. The molecule has 3 aromatic rings. The number of carbonyl (C=O) groups excluding carboxylic acids is 1. The van der Waals surface area contributed by atoms with Gasteiger partial charge in [-0.15, -0.1) is 10.2 Å². The van der Waals surface area contributed by atoms with Crippen molar-refractivity contribution in [3.05, 3.63) is 48.7 Å². The summed E-state index contributed by atoms with van der Waals surface area (Å²) in [6, 6.07) is 15.5. The first-order chi connectivity index (χ1) is 13.6. The largest absolute Gasteiger partial charge is 0.461 e. The molecule has 1 atom stereocenters. The van der Waals surface area contributed by atoms with Crippen LogP contribution in [0.2, 0.25) is 0 Å². The van der Waals surface area contributed by atoms with E-state index >= 15 is 0 Å². The molecule has 0 radical (unpaired) electrons. The second-order valence-corrected chi connectivity index (χ2v) is 7.82. The lowest BCUT2D eigenvalue weighted by Crippen LogP contribution is -2.47. The minimum Gasteiger partial charge on any atom is -0.461 e. The molecule has 0 saturated heterocycles. The normalized spacial score (nSPS) is 15.6. The Labute approximate surface area is 166 Å². The van der Waals surface area contributed by atoms with Gasteiger partial charge in [-0.05, 0) is 49.9 Å². The molecule has 0 bridgehead atoms. The van der Waals surface area contributed by atoms with Crippen LogP contribution >= 0.6 is 11.8 Å². The SMILES string of the molecule is CC(C#N)(NC(=O)CSc1nnc(-c2ccco2)n1-c1ccccc1)C1CC1.